The van der Waals surface area contributed by atoms with E-state index in [-0.39, 0.29) is 29.4 Å². The standard InChI is InChI=1S/C34H39NO8/c36-32(37)23-26-16-18-35(19-17-26)33(38)30-24-27(34(39)40)12-15-31(30)43-22-6-7-25-10-13-29(14-11-25)42-21-5-4-20-41-28-8-2-1-3-9-28/h1-3,8-15,24,26H,4-7,16-23H2,(H,36,37)(H,39,40). The van der Waals surface area contributed by atoms with Crippen LogP contribution in [0.2, 0.25) is 0 Å². The van der Waals surface area contributed by atoms with Crippen molar-refractivity contribution in [1.29, 1.82) is 0 Å². The molecule has 4 rings (SSSR count). The zero-order valence-corrected chi connectivity index (χ0v) is 24.3. The predicted octanol–water partition coefficient (Wildman–Crippen LogP) is 5.96. The van der Waals surface area contributed by atoms with Crippen molar-refractivity contribution in [2.24, 2.45) is 5.92 Å². The number of carbonyl (C=O) groups is 3. The van der Waals surface area contributed by atoms with Crippen LogP contribution in [0.15, 0.2) is 72.8 Å². The lowest BCUT2D eigenvalue weighted by molar-refractivity contribution is -0.138. The molecule has 2 N–H and O–H groups in total. The largest absolute Gasteiger partial charge is 0.494 e. The molecule has 1 aliphatic heterocycles. The molecule has 1 heterocycles. The van der Waals surface area contributed by atoms with Gasteiger partial charge >= 0.3 is 11.9 Å². The summed E-state index contributed by atoms with van der Waals surface area (Å²) < 4.78 is 17.5. The summed E-state index contributed by atoms with van der Waals surface area (Å²) in [6.07, 6.45) is 4.56. The van der Waals surface area contributed by atoms with E-state index >= 15 is 0 Å². The van der Waals surface area contributed by atoms with Gasteiger partial charge in [0.25, 0.3) is 5.91 Å². The number of carbonyl (C=O) groups excluding carboxylic acids is 1. The average molecular weight is 590 g/mol. The molecule has 9 heteroatoms. The first-order valence-electron chi connectivity index (χ1n) is 14.8. The number of hydrogen-bond acceptors (Lipinski definition) is 6. The van der Waals surface area contributed by atoms with Gasteiger partial charge in [0.05, 0.1) is 30.9 Å². The number of ether oxygens (including phenoxy) is 3. The second-order valence-electron chi connectivity index (χ2n) is 10.7. The molecular weight excluding hydrogens is 550 g/mol. The summed E-state index contributed by atoms with van der Waals surface area (Å²) in [5.74, 6) is -0.181. The maximum atomic E-state index is 13.3. The summed E-state index contributed by atoms with van der Waals surface area (Å²) in [6.45, 7) is 2.48. The van der Waals surface area contributed by atoms with Crippen LogP contribution in [-0.2, 0) is 11.2 Å². The normalized spacial score (nSPS) is 13.3. The minimum absolute atomic E-state index is 0.0132. The molecule has 3 aromatic rings. The Hall–Kier alpha value is -4.53. The highest BCUT2D eigenvalue weighted by molar-refractivity contribution is 6.00. The van der Waals surface area contributed by atoms with Crippen LogP contribution in [0.5, 0.6) is 17.2 Å². The maximum Gasteiger partial charge on any atom is 0.335 e. The molecule has 43 heavy (non-hydrogen) atoms. The minimum atomic E-state index is -1.12. The van der Waals surface area contributed by atoms with Crippen LogP contribution in [0, 0.1) is 5.92 Å². The fraction of sp³-hybridized carbons (Fsp3) is 0.382. The Morgan fingerprint density at radius 1 is 0.744 bits per heavy atom. The zero-order valence-electron chi connectivity index (χ0n) is 24.3. The van der Waals surface area contributed by atoms with Gasteiger partial charge in [-0.1, -0.05) is 30.3 Å². The predicted molar refractivity (Wildman–Crippen MR) is 161 cm³/mol. The molecule has 0 bridgehead atoms. The summed E-state index contributed by atoms with van der Waals surface area (Å²) >= 11 is 0. The summed E-state index contributed by atoms with van der Waals surface area (Å²) in [5, 5.41) is 18.5. The number of rotatable bonds is 16. The van der Waals surface area contributed by atoms with Gasteiger partial charge in [0.1, 0.15) is 17.2 Å². The number of aromatic carboxylic acids is 1. The molecule has 1 saturated heterocycles. The summed E-state index contributed by atoms with van der Waals surface area (Å²) in [7, 11) is 0. The van der Waals surface area contributed by atoms with Gasteiger partial charge in [-0.3, -0.25) is 9.59 Å². The molecule has 1 amide bonds. The van der Waals surface area contributed by atoms with E-state index in [0.717, 1.165) is 36.3 Å². The average Bonchev–Trinajstić information content (AvgIpc) is 3.02. The minimum Gasteiger partial charge on any atom is -0.494 e. The maximum absolute atomic E-state index is 13.3. The Bertz CT molecular complexity index is 1330. The van der Waals surface area contributed by atoms with Crippen molar-refractivity contribution in [2.45, 2.75) is 44.9 Å². The fourth-order valence-corrected chi connectivity index (χ4v) is 5.03. The van der Waals surface area contributed by atoms with E-state index < -0.39 is 11.9 Å². The van der Waals surface area contributed by atoms with Gasteiger partial charge < -0.3 is 29.3 Å². The Labute approximate surface area is 252 Å². The molecule has 0 spiro atoms. The number of piperidine rings is 1. The van der Waals surface area contributed by atoms with Gasteiger partial charge in [-0.15, -0.1) is 0 Å². The van der Waals surface area contributed by atoms with Gasteiger partial charge in [-0.25, -0.2) is 4.79 Å². The smallest absolute Gasteiger partial charge is 0.335 e. The van der Waals surface area contributed by atoms with Crippen LogP contribution in [-0.4, -0.2) is 65.9 Å². The number of carboxylic acid groups (broad SMARTS) is 2. The number of aryl methyl sites for hydroxylation is 1. The number of hydrogen-bond donors (Lipinski definition) is 2. The second-order valence-corrected chi connectivity index (χ2v) is 10.7. The number of amides is 1. The van der Waals surface area contributed by atoms with Gasteiger partial charge in [0.15, 0.2) is 0 Å². The van der Waals surface area contributed by atoms with Crippen LogP contribution >= 0.6 is 0 Å². The van der Waals surface area contributed by atoms with Crippen molar-refractivity contribution in [1.82, 2.24) is 4.90 Å². The van der Waals surface area contributed by atoms with Crippen molar-refractivity contribution < 1.29 is 38.8 Å². The lowest BCUT2D eigenvalue weighted by Gasteiger charge is -2.31. The molecule has 228 valence electrons. The second kappa shape index (κ2) is 16.2. The highest BCUT2D eigenvalue weighted by Gasteiger charge is 2.27. The first-order valence-corrected chi connectivity index (χ1v) is 14.8. The molecule has 0 atom stereocenters. The van der Waals surface area contributed by atoms with E-state index in [1.807, 2.05) is 54.6 Å². The molecular formula is C34H39NO8. The van der Waals surface area contributed by atoms with Crippen LogP contribution in [0.25, 0.3) is 0 Å². The third-order valence-corrected chi connectivity index (χ3v) is 7.43. The van der Waals surface area contributed by atoms with E-state index in [4.69, 9.17) is 19.3 Å². The first kappa shape index (κ1) is 31.4. The molecule has 3 aromatic carbocycles. The monoisotopic (exact) mass is 589 g/mol. The summed E-state index contributed by atoms with van der Waals surface area (Å²) in [6, 6.07) is 22.0. The topological polar surface area (TPSA) is 123 Å². The Balaban J connectivity index is 1.20. The summed E-state index contributed by atoms with van der Waals surface area (Å²) in [5.41, 5.74) is 1.36. The fourth-order valence-electron chi connectivity index (χ4n) is 5.03. The lowest BCUT2D eigenvalue weighted by Crippen LogP contribution is -2.39. The van der Waals surface area contributed by atoms with E-state index in [2.05, 4.69) is 0 Å². The number of benzene rings is 3. The number of unbranched alkanes of at least 4 members (excludes halogenated alkanes) is 1. The van der Waals surface area contributed by atoms with Gasteiger partial charge in [0.2, 0.25) is 0 Å². The Kier molecular flexibility index (Phi) is 11.8. The van der Waals surface area contributed by atoms with E-state index in [1.165, 1.54) is 18.2 Å². The van der Waals surface area contributed by atoms with Crippen molar-refractivity contribution in [3.8, 4) is 17.2 Å². The number of para-hydroxylation sites is 1. The third-order valence-electron chi connectivity index (χ3n) is 7.43. The summed E-state index contributed by atoms with van der Waals surface area (Å²) in [4.78, 5) is 37.5. The highest BCUT2D eigenvalue weighted by atomic mass is 16.5. The third kappa shape index (κ3) is 10.1. The Morgan fingerprint density at radius 3 is 2.00 bits per heavy atom. The molecule has 1 aliphatic rings. The van der Waals surface area contributed by atoms with Gasteiger partial charge in [-0.2, -0.15) is 0 Å². The number of likely N-dealkylation sites (tertiary alicyclic amines) is 1. The number of carboxylic acids is 2. The van der Waals surface area contributed by atoms with Crippen LogP contribution in [0.3, 0.4) is 0 Å². The van der Waals surface area contributed by atoms with Crippen molar-refractivity contribution in [2.75, 3.05) is 32.9 Å². The number of nitrogens with zero attached hydrogens (tertiary/aromatic N) is 1. The molecule has 0 aromatic heterocycles. The quantitative estimate of drug-likeness (QED) is 0.196. The number of aliphatic carboxylic acids is 1. The lowest BCUT2D eigenvalue weighted by atomic mass is 9.93. The van der Waals surface area contributed by atoms with Crippen LogP contribution < -0.4 is 14.2 Å². The highest BCUT2D eigenvalue weighted by Crippen LogP contribution is 2.27. The SMILES string of the molecule is O=C(O)CC1CCN(C(=O)c2cc(C(=O)O)ccc2OCCCc2ccc(OCCCCOc3ccccc3)cc2)CC1. The van der Waals surface area contributed by atoms with Gasteiger partial charge in [-0.05, 0) is 92.5 Å². The molecule has 0 aliphatic carbocycles. The van der Waals surface area contributed by atoms with E-state index in [9.17, 15) is 19.5 Å². The molecule has 0 unspecified atom stereocenters. The van der Waals surface area contributed by atoms with Crippen molar-refractivity contribution in [3.05, 3.63) is 89.5 Å². The zero-order chi connectivity index (χ0) is 30.4. The first-order chi connectivity index (χ1) is 20.9. The molecule has 0 saturated carbocycles. The van der Waals surface area contributed by atoms with Gasteiger partial charge in [0, 0.05) is 19.5 Å². The molecule has 1 fully saturated rings. The van der Waals surface area contributed by atoms with Crippen LogP contribution in [0.1, 0.15) is 64.8 Å². The van der Waals surface area contributed by atoms with Crippen molar-refractivity contribution in [3.63, 3.8) is 0 Å². The van der Waals surface area contributed by atoms with E-state index in [1.54, 1.807) is 4.90 Å². The van der Waals surface area contributed by atoms with E-state index in [0.29, 0.717) is 57.9 Å². The van der Waals surface area contributed by atoms with Crippen LogP contribution in [0.4, 0.5) is 0 Å². The Morgan fingerprint density at radius 2 is 1.37 bits per heavy atom. The molecule has 9 nitrogen and oxygen atoms in total. The molecule has 0 radical (unpaired) electrons. The van der Waals surface area contributed by atoms with Crippen molar-refractivity contribution >= 4 is 17.8 Å².